The fourth-order valence-corrected chi connectivity index (χ4v) is 2.15. The number of halogens is 1. The lowest BCUT2D eigenvalue weighted by Crippen LogP contribution is -2.02. The number of furan rings is 1. The van der Waals surface area contributed by atoms with Gasteiger partial charge in [-0.15, -0.1) is 0 Å². The Morgan fingerprint density at radius 3 is 2.88 bits per heavy atom. The molecule has 0 spiro atoms. The first-order valence-corrected chi connectivity index (χ1v) is 6.60. The van der Waals surface area contributed by atoms with Crippen molar-refractivity contribution in [2.24, 2.45) is 5.92 Å². The highest BCUT2D eigenvalue weighted by atomic mass is 79.9. The zero-order valence-corrected chi connectivity index (χ0v) is 12.1. The Bertz CT molecular complexity index is 560. The van der Waals surface area contributed by atoms with E-state index in [0.29, 0.717) is 22.1 Å². The Labute approximate surface area is 113 Å². The molecule has 5 heteroatoms. The average Bonchev–Trinajstić information content (AvgIpc) is 2.77. The Morgan fingerprint density at radius 1 is 1.53 bits per heavy atom. The van der Waals surface area contributed by atoms with Crippen molar-refractivity contribution in [1.82, 2.24) is 9.97 Å². The van der Waals surface area contributed by atoms with Gasteiger partial charge in [0.25, 0.3) is 0 Å². The monoisotopic (exact) mass is 312 g/mol. The Morgan fingerprint density at radius 2 is 2.29 bits per heavy atom. The summed E-state index contributed by atoms with van der Waals surface area (Å²) in [7, 11) is 0. The van der Waals surface area contributed by atoms with Crippen molar-refractivity contribution in [3.8, 4) is 11.6 Å². The third-order valence-electron chi connectivity index (χ3n) is 2.30. The van der Waals surface area contributed by atoms with E-state index in [2.05, 4.69) is 39.7 Å². The molecule has 0 aliphatic rings. The molecule has 0 unspecified atom stereocenters. The highest BCUT2D eigenvalue weighted by Crippen LogP contribution is 2.23. The van der Waals surface area contributed by atoms with Crippen LogP contribution in [0.5, 0.6) is 0 Å². The molecule has 2 rings (SSSR count). The van der Waals surface area contributed by atoms with Gasteiger partial charge in [0.2, 0.25) is 0 Å². The smallest absolute Gasteiger partial charge is 0.175 e. The maximum Gasteiger partial charge on any atom is 0.175 e. The Hall–Kier alpha value is -0.940. The van der Waals surface area contributed by atoms with E-state index in [-0.39, 0.29) is 0 Å². The summed E-state index contributed by atoms with van der Waals surface area (Å²) in [5, 5.41) is 0. The number of H-pyrrole nitrogens is 1. The highest BCUT2D eigenvalue weighted by molar-refractivity contribution is 9.10. The van der Waals surface area contributed by atoms with Crippen LogP contribution in [-0.4, -0.2) is 9.97 Å². The summed E-state index contributed by atoms with van der Waals surface area (Å²) in [6.07, 6.45) is 2.54. The zero-order chi connectivity index (χ0) is 12.4. The predicted octanol–water partition coefficient (Wildman–Crippen LogP) is 4.36. The van der Waals surface area contributed by atoms with Gasteiger partial charge >= 0.3 is 0 Å². The third-order valence-corrected chi connectivity index (χ3v) is 3.71. The van der Waals surface area contributed by atoms with Gasteiger partial charge in [-0.3, -0.25) is 0 Å². The molecule has 0 fully saturated rings. The molecule has 2 aromatic heterocycles. The molecule has 90 valence electrons. The summed E-state index contributed by atoms with van der Waals surface area (Å²) in [6.45, 7) is 4.33. The second kappa shape index (κ2) is 5.14. The highest BCUT2D eigenvalue weighted by Gasteiger charge is 2.10. The quantitative estimate of drug-likeness (QED) is 0.856. The molecule has 0 saturated carbocycles. The van der Waals surface area contributed by atoms with Crippen molar-refractivity contribution in [2.45, 2.75) is 20.3 Å². The van der Waals surface area contributed by atoms with E-state index in [1.165, 1.54) is 0 Å². The molecule has 0 aliphatic carbocycles. The van der Waals surface area contributed by atoms with Gasteiger partial charge in [-0.25, -0.2) is 4.98 Å². The average molecular weight is 313 g/mol. The molecule has 17 heavy (non-hydrogen) atoms. The van der Waals surface area contributed by atoms with Crippen molar-refractivity contribution in [2.75, 3.05) is 0 Å². The van der Waals surface area contributed by atoms with Crippen molar-refractivity contribution in [1.29, 1.82) is 0 Å². The van der Waals surface area contributed by atoms with Crippen LogP contribution in [0, 0.1) is 10.6 Å². The van der Waals surface area contributed by atoms with Crippen molar-refractivity contribution in [3.63, 3.8) is 0 Å². The SMILES string of the molecule is CC(C)Cc1[nH]c(-c2ccco2)nc(=S)c1Br. The van der Waals surface area contributed by atoms with E-state index in [0.717, 1.165) is 16.6 Å². The molecular formula is C12H13BrN2OS. The number of nitrogens with one attached hydrogen (secondary N) is 1. The number of rotatable bonds is 3. The molecule has 0 amide bonds. The number of hydrogen-bond donors (Lipinski definition) is 1. The normalized spacial score (nSPS) is 11.1. The van der Waals surface area contributed by atoms with Crippen molar-refractivity contribution < 1.29 is 4.42 Å². The number of hydrogen-bond acceptors (Lipinski definition) is 3. The van der Waals surface area contributed by atoms with Crippen LogP contribution in [0.15, 0.2) is 27.3 Å². The molecule has 2 heterocycles. The van der Waals surface area contributed by atoms with E-state index in [1.807, 2.05) is 12.1 Å². The van der Waals surface area contributed by atoms with E-state index < -0.39 is 0 Å². The maximum absolute atomic E-state index is 5.32. The number of aromatic nitrogens is 2. The van der Waals surface area contributed by atoms with Gasteiger partial charge in [0.15, 0.2) is 11.6 Å². The van der Waals surface area contributed by atoms with Crippen LogP contribution >= 0.6 is 28.1 Å². The fourth-order valence-electron chi connectivity index (χ4n) is 1.58. The molecule has 0 atom stereocenters. The lowest BCUT2D eigenvalue weighted by molar-refractivity contribution is 0.574. The topological polar surface area (TPSA) is 41.8 Å². The molecule has 2 aromatic rings. The predicted molar refractivity (Wildman–Crippen MR) is 73.4 cm³/mol. The van der Waals surface area contributed by atoms with Crippen LogP contribution < -0.4 is 0 Å². The Balaban J connectivity index is 2.50. The zero-order valence-electron chi connectivity index (χ0n) is 9.66. The van der Waals surface area contributed by atoms with Gasteiger partial charge in [0.1, 0.15) is 4.64 Å². The minimum atomic E-state index is 0.545. The third kappa shape index (κ3) is 2.84. The lowest BCUT2D eigenvalue weighted by atomic mass is 10.1. The van der Waals surface area contributed by atoms with Gasteiger partial charge in [0.05, 0.1) is 10.7 Å². The Kier molecular flexibility index (Phi) is 3.79. The van der Waals surface area contributed by atoms with Crippen molar-refractivity contribution >= 4 is 28.1 Å². The van der Waals surface area contributed by atoms with E-state index >= 15 is 0 Å². The van der Waals surface area contributed by atoms with E-state index in [1.54, 1.807) is 6.26 Å². The lowest BCUT2D eigenvalue weighted by Gasteiger charge is -2.09. The molecule has 1 N–H and O–H groups in total. The molecule has 0 saturated heterocycles. The molecule has 0 bridgehead atoms. The molecule has 3 nitrogen and oxygen atoms in total. The standard InChI is InChI=1S/C12H13BrN2OS/c1-7(2)6-8-10(13)12(17)15-11(14-8)9-4-3-5-16-9/h3-5,7H,6H2,1-2H3,(H,14,15,17). The van der Waals surface area contributed by atoms with Crippen LogP contribution in [0.3, 0.4) is 0 Å². The first-order valence-electron chi connectivity index (χ1n) is 5.40. The summed E-state index contributed by atoms with van der Waals surface area (Å²) in [6, 6.07) is 3.69. The summed E-state index contributed by atoms with van der Waals surface area (Å²) in [4.78, 5) is 7.57. The van der Waals surface area contributed by atoms with E-state index in [4.69, 9.17) is 16.6 Å². The second-order valence-corrected chi connectivity index (χ2v) is 5.44. The second-order valence-electron chi connectivity index (χ2n) is 4.26. The molecular weight excluding hydrogens is 300 g/mol. The minimum absolute atomic E-state index is 0.545. The van der Waals surface area contributed by atoms with Gasteiger partial charge in [-0.1, -0.05) is 26.1 Å². The first kappa shape index (κ1) is 12.5. The summed E-state index contributed by atoms with van der Waals surface area (Å²) >= 11 is 8.71. The van der Waals surface area contributed by atoms with Gasteiger partial charge in [0, 0.05) is 5.69 Å². The van der Waals surface area contributed by atoms with Gasteiger partial charge in [-0.05, 0) is 40.4 Å². The fraction of sp³-hybridized carbons (Fsp3) is 0.333. The van der Waals surface area contributed by atoms with Crippen LogP contribution in [-0.2, 0) is 6.42 Å². The van der Waals surface area contributed by atoms with Gasteiger partial charge in [-0.2, -0.15) is 0 Å². The largest absolute Gasteiger partial charge is 0.461 e. The first-order chi connectivity index (χ1) is 8.08. The van der Waals surface area contributed by atoms with Crippen LogP contribution in [0.25, 0.3) is 11.6 Å². The van der Waals surface area contributed by atoms with Crippen LogP contribution in [0.4, 0.5) is 0 Å². The molecule has 0 aliphatic heterocycles. The summed E-state index contributed by atoms with van der Waals surface area (Å²) < 4.78 is 6.75. The summed E-state index contributed by atoms with van der Waals surface area (Å²) in [5.74, 6) is 1.93. The molecule has 0 radical (unpaired) electrons. The summed E-state index contributed by atoms with van der Waals surface area (Å²) in [5.41, 5.74) is 1.06. The van der Waals surface area contributed by atoms with Crippen LogP contribution in [0.1, 0.15) is 19.5 Å². The van der Waals surface area contributed by atoms with Crippen LogP contribution in [0.2, 0.25) is 0 Å². The number of aromatic amines is 1. The maximum atomic E-state index is 5.32. The van der Waals surface area contributed by atoms with Gasteiger partial charge < -0.3 is 9.40 Å². The molecule has 0 aromatic carbocycles. The minimum Gasteiger partial charge on any atom is -0.461 e. The van der Waals surface area contributed by atoms with E-state index in [9.17, 15) is 0 Å². The van der Waals surface area contributed by atoms with Crippen molar-refractivity contribution in [3.05, 3.63) is 33.2 Å². The number of nitrogens with zero attached hydrogens (tertiary/aromatic N) is 1.